The van der Waals surface area contributed by atoms with Crippen LogP contribution in [-0.4, -0.2) is 22.5 Å². The van der Waals surface area contributed by atoms with Crippen molar-refractivity contribution in [2.75, 3.05) is 0 Å². The van der Waals surface area contributed by atoms with Gasteiger partial charge in [-0.15, -0.1) is 0 Å². The van der Waals surface area contributed by atoms with Crippen LogP contribution in [0.3, 0.4) is 0 Å². The average molecular weight is 516 g/mol. The number of hydrogen-bond acceptors (Lipinski definition) is 4. The molecule has 3 aromatic rings. The second kappa shape index (κ2) is 11.0. The number of ether oxygens (including phenoxy) is 1. The summed E-state index contributed by atoms with van der Waals surface area (Å²) in [6, 6.07) is 17.8. The average Bonchev–Trinajstić information content (AvgIpc) is 2.83. The van der Waals surface area contributed by atoms with Crippen molar-refractivity contribution < 1.29 is 22.7 Å². The number of carbonyl (C=O) groups excluding carboxylic acids is 1. The third-order valence-electron chi connectivity index (χ3n) is 5.74. The first-order chi connectivity index (χ1) is 16.9. The van der Waals surface area contributed by atoms with Gasteiger partial charge in [0.05, 0.1) is 17.2 Å². The van der Waals surface area contributed by atoms with Gasteiger partial charge in [0.15, 0.2) is 5.60 Å². The van der Waals surface area contributed by atoms with E-state index < -0.39 is 29.3 Å². The summed E-state index contributed by atoms with van der Waals surface area (Å²) in [5.74, 6) is -1.05. The van der Waals surface area contributed by atoms with Crippen molar-refractivity contribution in [2.45, 2.75) is 50.9 Å². The van der Waals surface area contributed by atoms with E-state index in [1.165, 1.54) is 13.8 Å². The zero-order valence-electron chi connectivity index (χ0n) is 19.9. The fourth-order valence-corrected chi connectivity index (χ4v) is 3.85. The van der Waals surface area contributed by atoms with Gasteiger partial charge < -0.3 is 10.1 Å². The summed E-state index contributed by atoms with van der Waals surface area (Å²) in [6.45, 7) is 4.75. The number of nitriles is 1. The van der Waals surface area contributed by atoms with Gasteiger partial charge in [-0.1, -0.05) is 35.9 Å². The van der Waals surface area contributed by atoms with Crippen LogP contribution in [0.2, 0.25) is 5.02 Å². The molecule has 0 saturated carbocycles. The first kappa shape index (κ1) is 27.0. The largest absolute Gasteiger partial charge is 0.462 e. The van der Waals surface area contributed by atoms with Crippen molar-refractivity contribution in [2.24, 2.45) is 0 Å². The van der Waals surface area contributed by atoms with E-state index in [9.17, 15) is 23.2 Å². The molecule has 36 heavy (non-hydrogen) atoms. The molecule has 5 nitrogen and oxygen atoms in total. The Labute approximate surface area is 212 Å². The molecular weight excluding hydrogens is 491 g/mol. The fraction of sp³-hybridized carbons (Fsp3) is 0.296. The quantitative estimate of drug-likeness (QED) is 0.381. The molecule has 0 aliphatic carbocycles. The van der Waals surface area contributed by atoms with E-state index in [-0.39, 0.29) is 11.8 Å². The molecule has 0 saturated heterocycles. The van der Waals surface area contributed by atoms with Gasteiger partial charge in [0.1, 0.15) is 0 Å². The molecule has 0 unspecified atom stereocenters. The van der Waals surface area contributed by atoms with Crippen LogP contribution in [0.5, 0.6) is 5.88 Å². The molecule has 9 heteroatoms. The van der Waals surface area contributed by atoms with E-state index in [1.54, 1.807) is 30.3 Å². The Morgan fingerprint density at radius 2 is 1.83 bits per heavy atom. The van der Waals surface area contributed by atoms with Crippen LogP contribution in [-0.2, 0) is 17.4 Å². The molecule has 1 aromatic heterocycles. The third kappa shape index (κ3) is 6.98. The Kier molecular flexibility index (Phi) is 8.26. The van der Waals surface area contributed by atoms with Gasteiger partial charge >= 0.3 is 6.18 Å². The van der Waals surface area contributed by atoms with Crippen LogP contribution in [0, 0.1) is 11.3 Å². The molecule has 0 radical (unpaired) electrons. The number of rotatable bonds is 8. The minimum absolute atomic E-state index is 0.217. The molecule has 1 heterocycles. The monoisotopic (exact) mass is 515 g/mol. The van der Waals surface area contributed by atoms with Crippen molar-refractivity contribution >= 4 is 17.5 Å². The predicted octanol–water partition coefficient (Wildman–Crippen LogP) is 6.31. The molecule has 0 spiro atoms. The van der Waals surface area contributed by atoms with E-state index in [0.29, 0.717) is 17.0 Å². The van der Waals surface area contributed by atoms with Crippen molar-refractivity contribution in [1.29, 1.82) is 5.26 Å². The van der Waals surface area contributed by atoms with Gasteiger partial charge in [0.2, 0.25) is 5.88 Å². The minimum Gasteiger partial charge on any atom is -0.462 e. The predicted molar refractivity (Wildman–Crippen MR) is 131 cm³/mol. The van der Waals surface area contributed by atoms with E-state index >= 15 is 0 Å². The molecule has 3 rings (SSSR count). The van der Waals surface area contributed by atoms with Crippen molar-refractivity contribution in [3.63, 3.8) is 0 Å². The lowest BCUT2D eigenvalue weighted by Gasteiger charge is -2.31. The molecule has 188 valence electrons. The maximum Gasteiger partial charge on any atom is 0.416 e. The smallest absolute Gasteiger partial charge is 0.416 e. The Bertz CT molecular complexity index is 1250. The minimum atomic E-state index is -4.56. The lowest BCUT2D eigenvalue weighted by Crippen LogP contribution is -2.51. The number of benzene rings is 2. The third-order valence-corrected chi connectivity index (χ3v) is 6.00. The van der Waals surface area contributed by atoms with Crippen molar-refractivity contribution in [3.8, 4) is 11.9 Å². The molecule has 2 aromatic carbocycles. The van der Waals surface area contributed by atoms with E-state index in [4.69, 9.17) is 16.3 Å². The number of nitrogens with zero attached hydrogens (tertiary/aromatic N) is 2. The maximum absolute atomic E-state index is 13.2. The summed E-state index contributed by atoms with van der Waals surface area (Å²) < 4.78 is 44.7. The molecule has 0 bridgehead atoms. The molecule has 0 fully saturated rings. The number of halogens is 4. The zero-order chi connectivity index (χ0) is 26.5. The number of pyridine rings is 1. The Balaban J connectivity index is 1.82. The molecular formula is C27H25ClF3N3O2. The van der Waals surface area contributed by atoms with Crippen LogP contribution in [0.1, 0.15) is 48.9 Å². The normalized spacial score (nSPS) is 13.4. The highest BCUT2D eigenvalue weighted by molar-refractivity contribution is 6.30. The molecule has 0 aliphatic rings. The van der Waals surface area contributed by atoms with Crippen LogP contribution in [0.15, 0.2) is 66.9 Å². The summed E-state index contributed by atoms with van der Waals surface area (Å²) in [7, 11) is 0. The lowest BCUT2D eigenvalue weighted by molar-refractivity contribution is -0.138. The topological polar surface area (TPSA) is 75.0 Å². The highest BCUT2D eigenvalue weighted by atomic mass is 35.5. The summed E-state index contributed by atoms with van der Waals surface area (Å²) in [5.41, 5.74) is -0.0966. The number of alkyl halides is 3. The standard InChI is InChI=1S/C27H25ClF3N3O2/c1-17(34-25(35)26(2,3)36-24-15-21(11-12-33-24)27(29,30)31)23(14-18-7-9-22(28)10-8-18)20-6-4-5-19(13-20)16-32/h4-13,15,17,23H,14H2,1-3H3,(H,34,35)/t17-,23+/m0/s1. The maximum atomic E-state index is 13.2. The fourth-order valence-electron chi connectivity index (χ4n) is 3.73. The summed E-state index contributed by atoms with van der Waals surface area (Å²) in [6.07, 6.45) is -3.03. The van der Waals surface area contributed by atoms with Gasteiger partial charge in [-0.05, 0) is 68.7 Å². The first-order valence-electron chi connectivity index (χ1n) is 11.2. The van der Waals surface area contributed by atoms with E-state index in [1.807, 2.05) is 25.1 Å². The number of nitrogens with one attached hydrogen (secondary N) is 1. The van der Waals surface area contributed by atoms with Gasteiger partial charge in [-0.25, -0.2) is 4.98 Å². The number of hydrogen-bond donors (Lipinski definition) is 1. The zero-order valence-corrected chi connectivity index (χ0v) is 20.7. The molecule has 1 amide bonds. The summed E-state index contributed by atoms with van der Waals surface area (Å²) in [5, 5.41) is 12.9. The highest BCUT2D eigenvalue weighted by Crippen LogP contribution is 2.31. The van der Waals surface area contributed by atoms with Crippen LogP contribution in [0.25, 0.3) is 0 Å². The second-order valence-electron chi connectivity index (χ2n) is 8.93. The summed E-state index contributed by atoms with van der Waals surface area (Å²) >= 11 is 6.01. The number of carbonyl (C=O) groups is 1. The first-order valence-corrected chi connectivity index (χ1v) is 11.5. The van der Waals surface area contributed by atoms with E-state index in [2.05, 4.69) is 16.4 Å². The number of aromatic nitrogens is 1. The molecule has 0 aliphatic heterocycles. The Morgan fingerprint density at radius 1 is 1.14 bits per heavy atom. The van der Waals surface area contributed by atoms with Gasteiger partial charge in [0, 0.05) is 29.2 Å². The van der Waals surface area contributed by atoms with Crippen molar-refractivity contribution in [3.05, 3.63) is 94.1 Å². The Morgan fingerprint density at radius 3 is 2.47 bits per heavy atom. The van der Waals surface area contributed by atoms with Crippen LogP contribution in [0.4, 0.5) is 13.2 Å². The molecule has 2 atom stereocenters. The lowest BCUT2D eigenvalue weighted by atomic mass is 9.85. The molecule has 1 N–H and O–H groups in total. The highest BCUT2D eigenvalue weighted by Gasteiger charge is 2.35. The van der Waals surface area contributed by atoms with Crippen molar-refractivity contribution in [1.82, 2.24) is 10.3 Å². The number of amides is 1. The van der Waals surface area contributed by atoms with Gasteiger partial charge in [-0.2, -0.15) is 18.4 Å². The summed E-state index contributed by atoms with van der Waals surface area (Å²) in [4.78, 5) is 17.0. The Hall–Kier alpha value is -3.57. The van der Waals surface area contributed by atoms with Crippen LogP contribution < -0.4 is 10.1 Å². The second-order valence-corrected chi connectivity index (χ2v) is 9.37. The van der Waals surface area contributed by atoms with E-state index in [0.717, 1.165) is 29.5 Å². The van der Waals surface area contributed by atoms with Gasteiger partial charge in [0.25, 0.3) is 5.91 Å². The van der Waals surface area contributed by atoms with Gasteiger partial charge in [-0.3, -0.25) is 4.79 Å². The SMILES string of the molecule is C[C@H](NC(=O)C(C)(C)Oc1cc(C(F)(F)F)ccn1)[C@@H](Cc1ccc(Cl)cc1)c1cccc(C#N)c1. The van der Waals surface area contributed by atoms with Crippen LogP contribution >= 0.6 is 11.6 Å².